The molecule has 1 N–H and O–H groups in total. The largest absolute Gasteiger partial charge is 0.486 e. The minimum absolute atomic E-state index is 0.653. The second-order valence-electron chi connectivity index (χ2n) is 5.88. The van der Waals surface area contributed by atoms with Crippen LogP contribution in [0.4, 0.5) is 0 Å². The van der Waals surface area contributed by atoms with Gasteiger partial charge < -0.3 is 14.8 Å². The Bertz CT molecular complexity index is 470. The van der Waals surface area contributed by atoms with Gasteiger partial charge in [-0.15, -0.1) is 11.8 Å². The Morgan fingerprint density at radius 2 is 1.71 bits per heavy atom. The molecule has 116 valence electrons. The van der Waals surface area contributed by atoms with Crippen LogP contribution in [0.3, 0.4) is 0 Å². The van der Waals surface area contributed by atoms with Gasteiger partial charge in [-0.05, 0) is 36.8 Å². The van der Waals surface area contributed by atoms with Crippen molar-refractivity contribution >= 4 is 11.8 Å². The molecule has 0 atom stereocenters. The number of rotatable bonds is 4. The number of nitrogens with one attached hydrogen (secondary N) is 1. The summed E-state index contributed by atoms with van der Waals surface area (Å²) in [4.78, 5) is 1.29. The van der Waals surface area contributed by atoms with Gasteiger partial charge in [0.2, 0.25) is 0 Å². The Hall–Kier alpha value is -0.870. The molecule has 4 heteroatoms. The maximum Gasteiger partial charge on any atom is 0.162 e. The number of fused-ring (bicyclic) bond motifs is 1. The second-order valence-corrected chi connectivity index (χ2v) is 6.73. The Balaban J connectivity index is 1.68. The zero-order chi connectivity index (χ0) is 14.5. The summed E-state index contributed by atoms with van der Waals surface area (Å²) in [5.74, 6) is 1.79. The Labute approximate surface area is 131 Å². The smallest absolute Gasteiger partial charge is 0.162 e. The van der Waals surface area contributed by atoms with Crippen molar-refractivity contribution in [2.75, 3.05) is 19.5 Å². The van der Waals surface area contributed by atoms with Crippen molar-refractivity contribution < 1.29 is 9.47 Å². The van der Waals surface area contributed by atoms with E-state index >= 15 is 0 Å². The third-order valence-corrected chi connectivity index (χ3v) is 5.20. The maximum atomic E-state index is 5.71. The van der Waals surface area contributed by atoms with Crippen molar-refractivity contribution in [1.82, 2.24) is 5.32 Å². The molecule has 0 radical (unpaired) electrons. The van der Waals surface area contributed by atoms with Crippen molar-refractivity contribution in [3.05, 3.63) is 17.7 Å². The highest BCUT2D eigenvalue weighted by Gasteiger charge is 2.17. The molecule has 3 rings (SSSR count). The van der Waals surface area contributed by atoms with Gasteiger partial charge in [-0.3, -0.25) is 0 Å². The molecule has 1 saturated carbocycles. The van der Waals surface area contributed by atoms with Crippen molar-refractivity contribution in [2.24, 2.45) is 0 Å². The van der Waals surface area contributed by atoms with Gasteiger partial charge in [0.15, 0.2) is 11.5 Å². The van der Waals surface area contributed by atoms with Crippen molar-refractivity contribution in [3.63, 3.8) is 0 Å². The van der Waals surface area contributed by atoms with Gasteiger partial charge >= 0.3 is 0 Å². The highest BCUT2D eigenvalue weighted by Crippen LogP contribution is 2.36. The highest BCUT2D eigenvalue weighted by atomic mass is 32.2. The first-order valence-corrected chi connectivity index (χ1v) is 9.29. The predicted molar refractivity (Wildman–Crippen MR) is 87.5 cm³/mol. The quantitative estimate of drug-likeness (QED) is 0.673. The molecule has 0 spiro atoms. The average molecular weight is 307 g/mol. The van der Waals surface area contributed by atoms with Crippen LogP contribution in [-0.4, -0.2) is 25.5 Å². The number of hydrogen-bond acceptors (Lipinski definition) is 4. The molecular weight excluding hydrogens is 282 g/mol. The van der Waals surface area contributed by atoms with E-state index in [1.54, 1.807) is 11.8 Å². The Kier molecular flexibility index (Phi) is 5.31. The summed E-state index contributed by atoms with van der Waals surface area (Å²) in [5, 5.41) is 3.75. The lowest BCUT2D eigenvalue weighted by Gasteiger charge is -2.22. The van der Waals surface area contributed by atoms with Gasteiger partial charge in [-0.1, -0.05) is 25.7 Å². The van der Waals surface area contributed by atoms with Crippen molar-refractivity contribution in [1.29, 1.82) is 0 Å². The molecule has 0 unspecified atom stereocenters. The number of benzene rings is 1. The zero-order valence-corrected chi connectivity index (χ0v) is 13.6. The minimum Gasteiger partial charge on any atom is -0.486 e. The Morgan fingerprint density at radius 1 is 1.05 bits per heavy atom. The van der Waals surface area contributed by atoms with E-state index in [4.69, 9.17) is 9.47 Å². The van der Waals surface area contributed by atoms with Gasteiger partial charge in [0.05, 0.1) is 0 Å². The molecule has 1 heterocycles. The van der Waals surface area contributed by atoms with E-state index in [1.165, 1.54) is 49.0 Å². The minimum atomic E-state index is 0.653. The normalized spacial score (nSPS) is 19.3. The summed E-state index contributed by atoms with van der Waals surface area (Å²) in [6, 6.07) is 4.96. The maximum absolute atomic E-state index is 5.71. The van der Waals surface area contributed by atoms with Crippen molar-refractivity contribution in [2.45, 2.75) is 56.0 Å². The van der Waals surface area contributed by atoms with E-state index in [0.717, 1.165) is 18.0 Å². The van der Waals surface area contributed by atoms with E-state index in [9.17, 15) is 0 Å². The van der Waals surface area contributed by atoms with Gasteiger partial charge in [0.25, 0.3) is 0 Å². The van der Waals surface area contributed by atoms with Crippen LogP contribution in [0.2, 0.25) is 0 Å². The van der Waals surface area contributed by atoms with E-state index in [2.05, 4.69) is 23.7 Å². The van der Waals surface area contributed by atoms with Gasteiger partial charge in [-0.2, -0.15) is 0 Å². The fraction of sp³-hybridized carbons (Fsp3) is 0.647. The molecule has 1 fully saturated rings. The van der Waals surface area contributed by atoms with E-state index in [-0.39, 0.29) is 0 Å². The summed E-state index contributed by atoms with van der Waals surface area (Å²) < 4.78 is 11.4. The number of ether oxygens (including phenoxy) is 2. The average Bonchev–Trinajstić information content (AvgIpc) is 2.80. The van der Waals surface area contributed by atoms with Crippen molar-refractivity contribution in [3.8, 4) is 11.5 Å². The molecule has 1 aliphatic heterocycles. The van der Waals surface area contributed by atoms with E-state index in [0.29, 0.717) is 19.3 Å². The lowest BCUT2D eigenvalue weighted by atomic mass is 10.1. The van der Waals surface area contributed by atoms with Crippen LogP contribution >= 0.6 is 11.8 Å². The van der Waals surface area contributed by atoms with Gasteiger partial charge in [0.1, 0.15) is 13.2 Å². The molecule has 0 aromatic heterocycles. The lowest BCUT2D eigenvalue weighted by Crippen LogP contribution is -2.28. The van der Waals surface area contributed by atoms with Crippen LogP contribution in [0.25, 0.3) is 0 Å². The van der Waals surface area contributed by atoms with E-state index in [1.807, 2.05) is 0 Å². The topological polar surface area (TPSA) is 30.5 Å². The second kappa shape index (κ2) is 7.41. The number of hydrogen-bond donors (Lipinski definition) is 1. The molecule has 0 amide bonds. The van der Waals surface area contributed by atoms with Crippen LogP contribution in [0.1, 0.15) is 44.1 Å². The molecule has 2 aliphatic rings. The lowest BCUT2D eigenvalue weighted by molar-refractivity contribution is 0.171. The van der Waals surface area contributed by atoms with Gasteiger partial charge in [-0.25, -0.2) is 0 Å². The van der Waals surface area contributed by atoms with Crippen LogP contribution < -0.4 is 14.8 Å². The summed E-state index contributed by atoms with van der Waals surface area (Å²) in [7, 11) is 0. The van der Waals surface area contributed by atoms with E-state index < -0.39 is 0 Å². The summed E-state index contributed by atoms with van der Waals surface area (Å²) in [6.45, 7) is 2.24. The third-order valence-electron chi connectivity index (χ3n) is 4.38. The van der Waals surface area contributed by atoms with Gasteiger partial charge in [0, 0.05) is 17.5 Å². The molecular formula is C17H25NO2S. The molecule has 1 aromatic rings. The highest BCUT2D eigenvalue weighted by molar-refractivity contribution is 7.98. The SMILES string of the molecule is CSc1cc2c(cc1CNC1CCCCCC1)OCCO2. The molecule has 21 heavy (non-hydrogen) atoms. The first-order chi connectivity index (χ1) is 10.4. The molecule has 0 saturated heterocycles. The number of thioether (sulfide) groups is 1. The predicted octanol–water partition coefficient (Wildman–Crippen LogP) is 3.99. The van der Waals surface area contributed by atoms with Crippen LogP contribution in [0, 0.1) is 0 Å². The fourth-order valence-corrected chi connectivity index (χ4v) is 3.80. The van der Waals surface area contributed by atoms with Crippen LogP contribution in [0.5, 0.6) is 11.5 Å². The molecule has 3 nitrogen and oxygen atoms in total. The third kappa shape index (κ3) is 3.86. The monoisotopic (exact) mass is 307 g/mol. The first kappa shape index (κ1) is 15.0. The summed E-state index contributed by atoms with van der Waals surface area (Å²) in [5.41, 5.74) is 1.33. The Morgan fingerprint density at radius 3 is 2.38 bits per heavy atom. The molecule has 0 bridgehead atoms. The van der Waals surface area contributed by atoms with Crippen LogP contribution in [0.15, 0.2) is 17.0 Å². The standard InChI is InChI=1S/C17H25NO2S/c1-21-17-11-16-15(19-8-9-20-16)10-13(17)12-18-14-6-4-2-3-5-7-14/h10-11,14,18H,2-9,12H2,1H3. The zero-order valence-electron chi connectivity index (χ0n) is 12.8. The first-order valence-electron chi connectivity index (χ1n) is 8.06. The van der Waals surface area contributed by atoms with Crippen LogP contribution in [-0.2, 0) is 6.54 Å². The molecule has 1 aromatic carbocycles. The summed E-state index contributed by atoms with van der Waals surface area (Å²) in [6.07, 6.45) is 10.3. The molecule has 1 aliphatic carbocycles. The fourth-order valence-electron chi connectivity index (χ4n) is 3.18. The summed E-state index contributed by atoms with van der Waals surface area (Å²) >= 11 is 1.78.